The minimum Gasteiger partial charge on any atom is -0.314 e. The zero-order chi connectivity index (χ0) is 20.1. The van der Waals surface area contributed by atoms with E-state index in [-0.39, 0.29) is 16.7 Å². The van der Waals surface area contributed by atoms with Crippen LogP contribution >= 0.6 is 0 Å². The van der Waals surface area contributed by atoms with Crippen LogP contribution in [0.3, 0.4) is 0 Å². The van der Waals surface area contributed by atoms with Crippen LogP contribution in [-0.4, -0.2) is 25.0 Å². The lowest BCUT2D eigenvalue weighted by molar-refractivity contribution is -0.163. The van der Waals surface area contributed by atoms with Crippen molar-refractivity contribution in [3.8, 4) is 0 Å². The molecular formula is C26H36FNO. The second-order valence-corrected chi connectivity index (χ2v) is 11.1. The predicted octanol–water partition coefficient (Wildman–Crippen LogP) is 5.60. The maximum absolute atomic E-state index is 14.5. The summed E-state index contributed by atoms with van der Waals surface area (Å²) in [5.41, 5.74) is 1.74. The Labute approximate surface area is 175 Å². The van der Waals surface area contributed by atoms with Gasteiger partial charge in [0.2, 0.25) is 0 Å². The monoisotopic (exact) mass is 397 g/mol. The average Bonchev–Trinajstić information content (AvgIpc) is 2.69. The second kappa shape index (κ2) is 7.18. The minimum absolute atomic E-state index is 0.0773. The highest BCUT2D eigenvalue weighted by Crippen LogP contribution is 2.71. The smallest absolute Gasteiger partial charge is 0.139 e. The van der Waals surface area contributed by atoms with Crippen molar-refractivity contribution in [1.29, 1.82) is 0 Å². The predicted molar refractivity (Wildman–Crippen MR) is 115 cm³/mol. The maximum atomic E-state index is 14.5. The van der Waals surface area contributed by atoms with Crippen LogP contribution in [0, 0.1) is 22.7 Å². The molecule has 1 heterocycles. The highest BCUT2D eigenvalue weighted by atomic mass is 19.1. The molecule has 2 nitrogen and oxygen atoms in total. The number of carbonyl (C=O) groups is 1. The van der Waals surface area contributed by atoms with Crippen LogP contribution in [0.4, 0.5) is 4.39 Å². The van der Waals surface area contributed by atoms with Gasteiger partial charge in [-0.25, -0.2) is 4.39 Å². The maximum Gasteiger partial charge on any atom is 0.139 e. The van der Waals surface area contributed by atoms with E-state index < -0.39 is 6.17 Å². The van der Waals surface area contributed by atoms with E-state index in [0.29, 0.717) is 30.1 Å². The van der Waals surface area contributed by atoms with E-state index in [1.54, 1.807) is 0 Å². The molecule has 5 aliphatic rings. The summed E-state index contributed by atoms with van der Waals surface area (Å²) in [6.45, 7) is 3.56. The zero-order valence-corrected chi connectivity index (χ0v) is 17.9. The fraction of sp³-hybridized carbons (Fsp3) is 0.731. The van der Waals surface area contributed by atoms with Crippen LogP contribution < -0.4 is 5.32 Å². The van der Waals surface area contributed by atoms with E-state index in [1.807, 2.05) is 0 Å². The summed E-state index contributed by atoms with van der Waals surface area (Å²) >= 11 is 0. The second-order valence-electron chi connectivity index (χ2n) is 11.1. The van der Waals surface area contributed by atoms with Gasteiger partial charge in [-0.1, -0.05) is 43.7 Å². The molecule has 4 saturated carbocycles. The van der Waals surface area contributed by atoms with Gasteiger partial charge < -0.3 is 5.32 Å². The number of hydrogen-bond donors (Lipinski definition) is 1. The lowest BCUT2D eigenvalue weighted by Crippen LogP contribution is -2.61. The Morgan fingerprint density at radius 3 is 2.72 bits per heavy atom. The van der Waals surface area contributed by atoms with Gasteiger partial charge in [0.1, 0.15) is 12.0 Å². The highest BCUT2D eigenvalue weighted by molar-refractivity contribution is 5.86. The molecule has 0 aromatic heterocycles. The van der Waals surface area contributed by atoms with Gasteiger partial charge >= 0.3 is 0 Å². The summed E-state index contributed by atoms with van der Waals surface area (Å²) in [6, 6.07) is 11.0. The standard InChI is InChI=1S/C26H36FNO/c1-2-9-24-12-19-13-25(16-24,21-6-4-3-5-7-21)18-26(14-19,17-24)23(29)11-20-8-10-28-15-22(20)27/h3-7,19-20,22,28H,2,8-18H2,1H3/t19?,20-,22+,24-,25-,26?/m1/s1. The first-order chi connectivity index (χ1) is 14.0. The van der Waals surface area contributed by atoms with Crippen LogP contribution in [0.15, 0.2) is 30.3 Å². The summed E-state index contributed by atoms with van der Waals surface area (Å²) in [6.07, 6.45) is 9.78. The van der Waals surface area contributed by atoms with Crippen LogP contribution in [0.5, 0.6) is 0 Å². The first kappa shape index (κ1) is 19.7. The summed E-state index contributed by atoms with van der Waals surface area (Å²) in [4.78, 5) is 13.8. The number of Topliss-reactive ketones (excluding diaryl/α,β-unsaturated/α-hetero) is 1. The quantitative estimate of drug-likeness (QED) is 0.677. The van der Waals surface area contributed by atoms with Gasteiger partial charge in [0.05, 0.1) is 0 Å². The molecule has 0 spiro atoms. The van der Waals surface area contributed by atoms with Crippen molar-refractivity contribution >= 4 is 5.78 Å². The van der Waals surface area contributed by atoms with Crippen molar-refractivity contribution in [3.05, 3.63) is 35.9 Å². The van der Waals surface area contributed by atoms with Crippen molar-refractivity contribution in [2.24, 2.45) is 22.7 Å². The van der Waals surface area contributed by atoms with E-state index in [0.717, 1.165) is 32.2 Å². The first-order valence-corrected chi connectivity index (χ1v) is 11.9. The molecule has 6 rings (SSSR count). The van der Waals surface area contributed by atoms with Gasteiger partial charge in [-0.05, 0) is 86.1 Å². The molecule has 1 aromatic carbocycles. The van der Waals surface area contributed by atoms with Crippen molar-refractivity contribution in [2.75, 3.05) is 13.1 Å². The van der Waals surface area contributed by atoms with Crippen molar-refractivity contribution in [3.63, 3.8) is 0 Å². The molecule has 3 heteroatoms. The molecular weight excluding hydrogens is 361 g/mol. The van der Waals surface area contributed by atoms with E-state index in [1.165, 1.54) is 37.7 Å². The molecule has 4 bridgehead atoms. The third-order valence-electron chi connectivity index (χ3n) is 8.93. The molecule has 2 unspecified atom stereocenters. The zero-order valence-electron chi connectivity index (χ0n) is 17.9. The summed E-state index contributed by atoms with van der Waals surface area (Å²) in [5.74, 6) is 0.986. The Bertz CT molecular complexity index is 765. The van der Waals surface area contributed by atoms with Gasteiger partial charge in [0.15, 0.2) is 0 Å². The number of halogens is 1. The molecule has 1 aromatic rings. The largest absolute Gasteiger partial charge is 0.314 e. The third-order valence-corrected chi connectivity index (χ3v) is 8.93. The Hall–Kier alpha value is -1.22. The summed E-state index contributed by atoms with van der Waals surface area (Å²) in [7, 11) is 0. The average molecular weight is 398 g/mol. The molecule has 0 amide bonds. The summed E-state index contributed by atoms with van der Waals surface area (Å²) in [5, 5.41) is 3.14. The van der Waals surface area contributed by atoms with Gasteiger partial charge in [-0.3, -0.25) is 4.79 Å². The molecule has 4 aliphatic carbocycles. The Balaban J connectivity index is 1.48. The van der Waals surface area contributed by atoms with Gasteiger partial charge in [0, 0.05) is 18.4 Å². The molecule has 1 saturated heterocycles. The van der Waals surface area contributed by atoms with E-state index in [4.69, 9.17) is 0 Å². The lowest BCUT2D eigenvalue weighted by Gasteiger charge is -2.67. The van der Waals surface area contributed by atoms with Gasteiger partial charge in [0.25, 0.3) is 0 Å². The number of nitrogens with one attached hydrogen (secondary N) is 1. The van der Waals surface area contributed by atoms with Crippen LogP contribution in [0.25, 0.3) is 0 Å². The lowest BCUT2D eigenvalue weighted by atomic mass is 9.37. The van der Waals surface area contributed by atoms with Crippen molar-refractivity contribution < 1.29 is 9.18 Å². The highest BCUT2D eigenvalue weighted by Gasteiger charge is 2.65. The Kier molecular flexibility index (Phi) is 4.89. The van der Waals surface area contributed by atoms with E-state index in [2.05, 4.69) is 42.6 Å². The fourth-order valence-electron chi connectivity index (χ4n) is 8.43. The van der Waals surface area contributed by atoms with E-state index >= 15 is 0 Å². The molecule has 5 fully saturated rings. The number of piperidine rings is 1. The summed E-state index contributed by atoms with van der Waals surface area (Å²) < 4.78 is 14.5. The van der Waals surface area contributed by atoms with Gasteiger partial charge in [-0.2, -0.15) is 0 Å². The molecule has 6 atom stereocenters. The number of rotatable bonds is 6. The third kappa shape index (κ3) is 3.28. The molecule has 158 valence electrons. The molecule has 1 N–H and O–H groups in total. The number of hydrogen-bond acceptors (Lipinski definition) is 2. The number of carbonyl (C=O) groups excluding carboxylic acids is 1. The molecule has 1 aliphatic heterocycles. The SMILES string of the molecule is CCC[C@]12CC3CC(C(=O)C[C@H]4CCNC[C@@H]4F)(C1)C[C@@](c1ccccc1)(C3)C2. The van der Waals surface area contributed by atoms with E-state index in [9.17, 15) is 9.18 Å². The number of benzene rings is 1. The van der Waals surface area contributed by atoms with Crippen LogP contribution in [0.1, 0.15) is 76.7 Å². The minimum atomic E-state index is -0.866. The fourth-order valence-corrected chi connectivity index (χ4v) is 8.43. The van der Waals surface area contributed by atoms with Crippen molar-refractivity contribution in [2.45, 2.75) is 82.7 Å². The van der Waals surface area contributed by atoms with Crippen LogP contribution in [-0.2, 0) is 10.2 Å². The Morgan fingerprint density at radius 2 is 1.97 bits per heavy atom. The molecule has 0 radical (unpaired) electrons. The van der Waals surface area contributed by atoms with Crippen LogP contribution in [0.2, 0.25) is 0 Å². The van der Waals surface area contributed by atoms with Crippen molar-refractivity contribution in [1.82, 2.24) is 5.32 Å². The normalized spacial score (nSPS) is 43.4. The number of ketones is 1. The first-order valence-electron chi connectivity index (χ1n) is 11.9. The number of alkyl halides is 1. The Morgan fingerprint density at radius 1 is 1.14 bits per heavy atom. The molecule has 29 heavy (non-hydrogen) atoms. The van der Waals surface area contributed by atoms with Gasteiger partial charge in [-0.15, -0.1) is 0 Å². The topological polar surface area (TPSA) is 29.1 Å².